The van der Waals surface area contributed by atoms with Crippen molar-refractivity contribution in [3.63, 3.8) is 0 Å². The quantitative estimate of drug-likeness (QED) is 0.498. The van der Waals surface area contributed by atoms with Crippen LogP contribution in [0.25, 0.3) is 0 Å². The summed E-state index contributed by atoms with van der Waals surface area (Å²) in [5, 5.41) is 0. The predicted octanol–water partition coefficient (Wildman–Crippen LogP) is 3.61. The van der Waals surface area contributed by atoms with Gasteiger partial charge in [-0.2, -0.15) is 0 Å². The molecule has 0 atom stereocenters. The van der Waals surface area contributed by atoms with Crippen LogP contribution in [0, 0.1) is 13.8 Å². The molecule has 0 fully saturated rings. The Morgan fingerprint density at radius 1 is 0.594 bits per heavy atom. The molecule has 3 aromatic carbocycles. The minimum atomic E-state index is -3.92. The van der Waals surface area contributed by atoms with Gasteiger partial charge in [-0.15, -0.1) is 0 Å². The van der Waals surface area contributed by atoms with Crippen LogP contribution in [0.4, 0.5) is 0 Å². The Hall–Kier alpha value is -2.66. The summed E-state index contributed by atoms with van der Waals surface area (Å²) in [6.45, 7) is 3.70. The van der Waals surface area contributed by atoms with Crippen molar-refractivity contribution in [1.82, 2.24) is 9.44 Å². The summed E-state index contributed by atoms with van der Waals surface area (Å²) in [5.74, 6) is 0. The molecule has 0 bridgehead atoms. The first kappa shape index (κ1) is 24.0. The number of thiocarbonyl (C=S) groups is 2. The van der Waals surface area contributed by atoms with E-state index in [9.17, 15) is 16.8 Å². The molecule has 10 heteroatoms. The molecule has 0 aliphatic rings. The molecule has 3 rings (SSSR count). The number of rotatable bonds is 6. The van der Waals surface area contributed by atoms with E-state index in [0.29, 0.717) is 0 Å². The summed E-state index contributed by atoms with van der Waals surface area (Å²) >= 11 is 10.6. The van der Waals surface area contributed by atoms with Crippen LogP contribution in [0.2, 0.25) is 0 Å². The maximum absolute atomic E-state index is 12.7. The summed E-state index contributed by atoms with van der Waals surface area (Å²) in [6.07, 6.45) is 0. The number of nitrogens with one attached hydrogen (secondary N) is 2. The second kappa shape index (κ2) is 9.45. The molecule has 3 aromatic rings. The van der Waals surface area contributed by atoms with E-state index in [2.05, 4.69) is 9.44 Å². The lowest BCUT2D eigenvalue weighted by atomic mass is 10.1. The van der Waals surface area contributed by atoms with Gasteiger partial charge in [0.15, 0.2) is 0 Å². The van der Waals surface area contributed by atoms with Crippen molar-refractivity contribution in [1.29, 1.82) is 0 Å². The van der Waals surface area contributed by atoms with Gasteiger partial charge in [-0.25, -0.2) is 16.8 Å². The Morgan fingerprint density at radius 2 is 0.906 bits per heavy atom. The highest BCUT2D eigenvalue weighted by atomic mass is 32.2. The third-order valence-electron chi connectivity index (χ3n) is 4.53. The van der Waals surface area contributed by atoms with E-state index in [4.69, 9.17) is 24.4 Å². The Kier molecular flexibility index (Phi) is 7.09. The molecule has 0 aliphatic heterocycles. The predicted molar refractivity (Wildman–Crippen MR) is 133 cm³/mol. The summed E-state index contributed by atoms with van der Waals surface area (Å²) < 4.78 is 55.6. The third-order valence-corrected chi connectivity index (χ3v) is 8.17. The molecule has 0 heterocycles. The van der Waals surface area contributed by atoms with Crippen LogP contribution in [0.1, 0.15) is 22.3 Å². The second-order valence-electron chi connectivity index (χ2n) is 7.04. The van der Waals surface area contributed by atoms with Crippen molar-refractivity contribution >= 4 is 54.5 Å². The fourth-order valence-electron chi connectivity index (χ4n) is 2.79. The number of hydrogen-bond acceptors (Lipinski definition) is 6. The summed E-state index contributed by atoms with van der Waals surface area (Å²) in [6, 6.07) is 19.1. The zero-order chi connectivity index (χ0) is 23.5. The lowest BCUT2D eigenvalue weighted by Gasteiger charge is -2.15. The van der Waals surface area contributed by atoms with Gasteiger partial charge in [0.1, 0.15) is 9.98 Å². The van der Waals surface area contributed by atoms with Gasteiger partial charge >= 0.3 is 0 Å². The molecule has 0 saturated carbocycles. The van der Waals surface area contributed by atoms with Gasteiger partial charge in [0.05, 0.1) is 9.79 Å². The standard InChI is InChI=1S/C22H20N2O4S4/c1-15-7-11-17(12-8-15)31(25,26)23-21(29)19-5-3-4-6-20(19)22(30)24-32(27,28)18-13-9-16(2)10-14-18/h3-14H,1-2H3,(H,23,29)(H,24,30). The van der Waals surface area contributed by atoms with Crippen molar-refractivity contribution in [3.8, 4) is 0 Å². The van der Waals surface area contributed by atoms with Crippen molar-refractivity contribution in [2.75, 3.05) is 0 Å². The summed E-state index contributed by atoms with van der Waals surface area (Å²) in [7, 11) is -7.84. The molecule has 0 spiro atoms. The number of benzene rings is 3. The molecule has 0 amide bonds. The van der Waals surface area contributed by atoms with Crippen LogP contribution in [0.3, 0.4) is 0 Å². The molecular formula is C22H20N2O4S4. The van der Waals surface area contributed by atoms with E-state index in [-0.39, 0.29) is 30.9 Å². The fourth-order valence-corrected chi connectivity index (χ4v) is 5.73. The van der Waals surface area contributed by atoms with Crippen LogP contribution < -0.4 is 9.44 Å². The van der Waals surface area contributed by atoms with Gasteiger partial charge < -0.3 is 0 Å². The molecule has 0 aliphatic carbocycles. The average Bonchev–Trinajstić information content (AvgIpc) is 2.73. The number of aryl methyl sites for hydroxylation is 2. The monoisotopic (exact) mass is 504 g/mol. The van der Waals surface area contributed by atoms with Crippen molar-refractivity contribution < 1.29 is 16.8 Å². The first-order valence-electron chi connectivity index (χ1n) is 9.36. The zero-order valence-corrected chi connectivity index (χ0v) is 20.5. The van der Waals surface area contributed by atoms with Gasteiger partial charge in [0, 0.05) is 11.1 Å². The molecule has 0 saturated heterocycles. The largest absolute Gasteiger partial charge is 0.269 e. The normalized spacial score (nSPS) is 11.6. The second-order valence-corrected chi connectivity index (χ2v) is 11.2. The SMILES string of the molecule is Cc1ccc(S(=O)(=O)NC(=S)c2ccccc2C(=S)NS(=O)(=O)c2ccc(C)cc2)cc1. The van der Waals surface area contributed by atoms with Crippen molar-refractivity contribution in [2.24, 2.45) is 0 Å². The van der Waals surface area contributed by atoms with E-state index in [0.717, 1.165) is 11.1 Å². The minimum absolute atomic E-state index is 0.0607. The highest BCUT2D eigenvalue weighted by Gasteiger charge is 2.21. The van der Waals surface area contributed by atoms with E-state index in [1.165, 1.54) is 24.3 Å². The zero-order valence-electron chi connectivity index (χ0n) is 17.2. The Bertz CT molecular complexity index is 1270. The highest BCUT2D eigenvalue weighted by Crippen LogP contribution is 2.16. The van der Waals surface area contributed by atoms with Gasteiger partial charge in [0.2, 0.25) is 0 Å². The van der Waals surface area contributed by atoms with E-state index < -0.39 is 20.0 Å². The third kappa shape index (κ3) is 5.57. The molecule has 0 aromatic heterocycles. The van der Waals surface area contributed by atoms with E-state index in [1.807, 2.05) is 13.8 Å². The molecule has 0 unspecified atom stereocenters. The molecule has 6 nitrogen and oxygen atoms in total. The Balaban J connectivity index is 1.86. The van der Waals surface area contributed by atoms with Crippen LogP contribution in [0.5, 0.6) is 0 Å². The molecule has 166 valence electrons. The van der Waals surface area contributed by atoms with E-state index in [1.54, 1.807) is 48.5 Å². The maximum Gasteiger partial charge on any atom is 0.262 e. The lowest BCUT2D eigenvalue weighted by Crippen LogP contribution is -2.34. The van der Waals surface area contributed by atoms with Crippen LogP contribution >= 0.6 is 24.4 Å². The van der Waals surface area contributed by atoms with E-state index >= 15 is 0 Å². The van der Waals surface area contributed by atoms with Gasteiger partial charge in [-0.1, -0.05) is 84.1 Å². The summed E-state index contributed by atoms with van der Waals surface area (Å²) in [5.41, 5.74) is 2.41. The molecule has 0 radical (unpaired) electrons. The smallest absolute Gasteiger partial charge is 0.262 e. The van der Waals surface area contributed by atoms with Crippen LogP contribution in [0.15, 0.2) is 82.6 Å². The van der Waals surface area contributed by atoms with Crippen LogP contribution in [-0.2, 0) is 20.0 Å². The first-order valence-corrected chi connectivity index (χ1v) is 13.1. The molecular weight excluding hydrogens is 485 g/mol. The molecule has 2 N–H and O–H groups in total. The summed E-state index contributed by atoms with van der Waals surface area (Å²) in [4.78, 5) is -0.0766. The van der Waals surface area contributed by atoms with Gasteiger partial charge in [0.25, 0.3) is 20.0 Å². The van der Waals surface area contributed by atoms with Crippen molar-refractivity contribution in [3.05, 3.63) is 95.1 Å². The Labute approximate surface area is 198 Å². The maximum atomic E-state index is 12.7. The fraction of sp³-hybridized carbons (Fsp3) is 0.0909. The first-order chi connectivity index (χ1) is 15.0. The highest BCUT2D eigenvalue weighted by molar-refractivity contribution is 7.92. The number of sulfonamides is 2. The van der Waals surface area contributed by atoms with Crippen LogP contribution in [-0.4, -0.2) is 26.8 Å². The van der Waals surface area contributed by atoms with Crippen molar-refractivity contribution in [2.45, 2.75) is 23.6 Å². The Morgan fingerprint density at radius 3 is 1.22 bits per heavy atom. The lowest BCUT2D eigenvalue weighted by molar-refractivity contribution is 0.591. The molecule has 32 heavy (non-hydrogen) atoms. The number of hydrogen-bond donors (Lipinski definition) is 2. The van der Waals surface area contributed by atoms with Gasteiger partial charge in [-0.05, 0) is 38.1 Å². The minimum Gasteiger partial charge on any atom is -0.269 e. The topological polar surface area (TPSA) is 92.3 Å². The van der Waals surface area contributed by atoms with Gasteiger partial charge in [-0.3, -0.25) is 9.44 Å². The average molecular weight is 505 g/mol.